The molecule has 0 heterocycles. The molecule has 0 aliphatic carbocycles. The predicted molar refractivity (Wildman–Crippen MR) is 362 cm³/mol. The third-order valence-electron chi connectivity index (χ3n) is 15.1. The number of phosphoric ester groups is 1. The number of quaternary nitrogens is 1. The van der Waals surface area contributed by atoms with Crippen LogP contribution in [0.5, 0.6) is 0 Å². The number of carbonyl (C=O) groups is 2. The minimum Gasteiger partial charge on any atom is -0.462 e. The first kappa shape index (κ1) is 80.9. The average molecular weight is 1200 g/mol. The first-order valence-corrected chi connectivity index (χ1v) is 36.5. The number of unbranched alkanes of at least 4 members (excludes halogenated alkanes) is 34. The molecule has 84 heavy (non-hydrogen) atoms. The van der Waals surface area contributed by atoms with Crippen molar-refractivity contribution in [3.8, 4) is 0 Å². The fraction of sp³-hybridized carbons (Fsp3) is 0.757. The van der Waals surface area contributed by atoms with Crippen molar-refractivity contribution >= 4 is 19.8 Å². The summed E-state index contributed by atoms with van der Waals surface area (Å²) in [5, 5.41) is 0. The van der Waals surface area contributed by atoms with Crippen LogP contribution in [0.4, 0.5) is 0 Å². The number of phosphoric acid groups is 1. The van der Waals surface area contributed by atoms with Crippen LogP contribution in [-0.4, -0.2) is 74.9 Å². The van der Waals surface area contributed by atoms with Gasteiger partial charge in [0.25, 0.3) is 0 Å². The monoisotopic (exact) mass is 1190 g/mol. The van der Waals surface area contributed by atoms with Gasteiger partial charge in [0.1, 0.15) is 19.8 Å². The molecule has 0 amide bonds. The smallest absolute Gasteiger partial charge is 0.462 e. The van der Waals surface area contributed by atoms with Gasteiger partial charge in [-0.3, -0.25) is 18.6 Å². The van der Waals surface area contributed by atoms with E-state index in [-0.39, 0.29) is 32.0 Å². The minimum atomic E-state index is -4.39. The molecule has 9 nitrogen and oxygen atoms in total. The van der Waals surface area contributed by atoms with Crippen molar-refractivity contribution in [3.63, 3.8) is 0 Å². The molecular formula is C74H133NO8P+. The standard InChI is InChI=1S/C74H132NO8P/c1-6-8-10-12-14-16-18-20-22-24-26-27-28-29-30-31-32-33-34-35-36-37-38-39-40-41-42-43-44-45-46-47-49-51-53-55-57-59-61-63-65-67-74(77)83-72(71-82-84(78,79)81-69-68-75(3,4)5)70-80-73(76)66-64-62-60-58-56-54-52-50-48-25-23-21-19-17-15-13-11-9-7-2/h8,10,14,16,20-23,26-27,29-30,32-33,35-36,72H,6-7,9,11-13,15,17-19,24-25,28,31,34,37-71H2,1-5H3/p+1/b10-8-,16-14-,22-20-,23-21-,27-26-,30-29-,33-32-,36-35-. The van der Waals surface area contributed by atoms with E-state index in [1.807, 2.05) is 21.1 Å². The van der Waals surface area contributed by atoms with Gasteiger partial charge in [0, 0.05) is 12.8 Å². The molecule has 0 saturated carbocycles. The maximum atomic E-state index is 12.9. The Hall–Kier alpha value is -3.07. The van der Waals surface area contributed by atoms with Crippen LogP contribution < -0.4 is 0 Å². The number of hydrogen-bond donors (Lipinski definition) is 1. The van der Waals surface area contributed by atoms with Crippen LogP contribution in [0.15, 0.2) is 97.2 Å². The van der Waals surface area contributed by atoms with Crippen molar-refractivity contribution < 1.29 is 42.1 Å². The second kappa shape index (κ2) is 64.4. The number of esters is 2. The molecule has 0 aromatic heterocycles. The fourth-order valence-corrected chi connectivity index (χ4v) is 10.5. The molecule has 0 aromatic rings. The molecule has 0 spiro atoms. The quantitative estimate of drug-likeness (QED) is 0.0211. The second-order valence-electron chi connectivity index (χ2n) is 24.5. The Kier molecular flexibility index (Phi) is 62.1. The predicted octanol–water partition coefficient (Wildman–Crippen LogP) is 22.7. The Morgan fingerprint density at radius 1 is 0.381 bits per heavy atom. The van der Waals surface area contributed by atoms with Gasteiger partial charge in [-0.1, -0.05) is 297 Å². The van der Waals surface area contributed by atoms with Gasteiger partial charge in [0.05, 0.1) is 27.7 Å². The fourth-order valence-electron chi connectivity index (χ4n) is 9.76. The van der Waals surface area contributed by atoms with E-state index < -0.39 is 26.5 Å². The van der Waals surface area contributed by atoms with Gasteiger partial charge in [-0.2, -0.15) is 0 Å². The summed E-state index contributed by atoms with van der Waals surface area (Å²) in [6, 6.07) is 0. The van der Waals surface area contributed by atoms with Crippen molar-refractivity contribution in [2.75, 3.05) is 47.5 Å². The van der Waals surface area contributed by atoms with Crippen LogP contribution in [0, 0.1) is 0 Å². The summed E-state index contributed by atoms with van der Waals surface area (Å²) in [7, 11) is 1.48. The van der Waals surface area contributed by atoms with E-state index in [0.717, 1.165) is 77.0 Å². The molecule has 0 aliphatic heterocycles. The molecule has 0 saturated heterocycles. The van der Waals surface area contributed by atoms with Crippen LogP contribution in [0.1, 0.15) is 309 Å². The lowest BCUT2D eigenvalue weighted by molar-refractivity contribution is -0.870. The highest BCUT2D eigenvalue weighted by Crippen LogP contribution is 2.43. The van der Waals surface area contributed by atoms with Crippen molar-refractivity contribution in [1.29, 1.82) is 0 Å². The molecule has 2 atom stereocenters. The molecule has 0 radical (unpaired) electrons. The zero-order chi connectivity index (χ0) is 61.2. The number of ether oxygens (including phenoxy) is 2. The van der Waals surface area contributed by atoms with Gasteiger partial charge in [-0.25, -0.2) is 4.57 Å². The summed E-state index contributed by atoms with van der Waals surface area (Å²) in [6.45, 7) is 4.34. The number of likely N-dealkylation sites (N-methyl/N-ethyl adjacent to an activating group) is 1. The van der Waals surface area contributed by atoms with E-state index >= 15 is 0 Å². The zero-order valence-electron chi connectivity index (χ0n) is 55.4. The molecule has 0 rings (SSSR count). The Morgan fingerprint density at radius 3 is 1.02 bits per heavy atom. The first-order valence-electron chi connectivity index (χ1n) is 35.0. The minimum absolute atomic E-state index is 0.0307. The van der Waals surface area contributed by atoms with Gasteiger partial charge in [-0.05, 0) is 96.3 Å². The SMILES string of the molecule is CC/C=C\C/C=C\C/C=C\C/C=C\C/C=C\C/C=C\C/C=C\CCCCCCCCCCCCCCCCCCCCCC(=O)OC(COC(=O)CCCCCCCCCCC/C=C\CCCCCCCC)COP(=O)(O)OCC[N+](C)(C)C. The van der Waals surface area contributed by atoms with Gasteiger partial charge in [0.2, 0.25) is 0 Å². The van der Waals surface area contributed by atoms with Crippen LogP contribution in [-0.2, 0) is 32.7 Å². The summed E-state index contributed by atoms with van der Waals surface area (Å²) in [5.74, 6) is -0.789. The van der Waals surface area contributed by atoms with Crippen molar-refractivity contribution in [2.24, 2.45) is 0 Å². The molecule has 2 unspecified atom stereocenters. The molecule has 0 aromatic carbocycles. The Balaban J connectivity index is 3.96. The largest absolute Gasteiger partial charge is 0.472 e. The van der Waals surface area contributed by atoms with Gasteiger partial charge < -0.3 is 18.9 Å². The second-order valence-corrected chi connectivity index (χ2v) is 26.0. The van der Waals surface area contributed by atoms with Crippen molar-refractivity contribution in [2.45, 2.75) is 315 Å². The summed E-state index contributed by atoms with van der Waals surface area (Å²) in [4.78, 5) is 35.8. The number of rotatable bonds is 64. The maximum absolute atomic E-state index is 12.9. The van der Waals surface area contributed by atoms with Crippen LogP contribution in [0.2, 0.25) is 0 Å². The van der Waals surface area contributed by atoms with E-state index in [4.69, 9.17) is 18.5 Å². The molecule has 0 fully saturated rings. The lowest BCUT2D eigenvalue weighted by atomic mass is 10.0. The van der Waals surface area contributed by atoms with Crippen LogP contribution >= 0.6 is 7.82 Å². The van der Waals surface area contributed by atoms with Gasteiger partial charge in [0.15, 0.2) is 6.10 Å². The number of hydrogen-bond acceptors (Lipinski definition) is 7. The zero-order valence-corrected chi connectivity index (χ0v) is 56.3. The van der Waals surface area contributed by atoms with Gasteiger partial charge in [-0.15, -0.1) is 0 Å². The molecule has 10 heteroatoms. The van der Waals surface area contributed by atoms with E-state index in [0.29, 0.717) is 17.4 Å². The number of nitrogens with zero attached hydrogens (tertiary/aromatic N) is 1. The van der Waals surface area contributed by atoms with Crippen LogP contribution in [0.3, 0.4) is 0 Å². The molecule has 486 valence electrons. The number of allylic oxidation sites excluding steroid dienone is 16. The van der Waals surface area contributed by atoms with E-state index in [9.17, 15) is 19.0 Å². The Morgan fingerprint density at radius 2 is 0.679 bits per heavy atom. The molecular weight excluding hydrogens is 1060 g/mol. The summed E-state index contributed by atoms with van der Waals surface area (Å²) in [5.41, 5.74) is 0. The topological polar surface area (TPSA) is 108 Å². The Bertz CT molecular complexity index is 1740. The Labute approximate surface area is 519 Å². The maximum Gasteiger partial charge on any atom is 0.472 e. The normalized spacial score (nSPS) is 13.7. The lowest BCUT2D eigenvalue weighted by Crippen LogP contribution is -2.37. The lowest BCUT2D eigenvalue weighted by Gasteiger charge is -2.24. The van der Waals surface area contributed by atoms with Gasteiger partial charge >= 0.3 is 19.8 Å². The van der Waals surface area contributed by atoms with Crippen molar-refractivity contribution in [1.82, 2.24) is 0 Å². The molecule has 0 bridgehead atoms. The van der Waals surface area contributed by atoms with E-state index in [1.54, 1.807) is 0 Å². The van der Waals surface area contributed by atoms with Crippen molar-refractivity contribution in [3.05, 3.63) is 97.2 Å². The third-order valence-corrected chi connectivity index (χ3v) is 16.1. The average Bonchev–Trinajstić information content (AvgIpc) is 3.61. The number of carbonyl (C=O) groups excluding carboxylic acids is 2. The molecule has 0 aliphatic rings. The summed E-state index contributed by atoms with van der Waals surface area (Å²) in [6.07, 6.45) is 89.4. The van der Waals surface area contributed by atoms with E-state index in [2.05, 4.69) is 111 Å². The third kappa shape index (κ3) is 68.0. The summed E-state index contributed by atoms with van der Waals surface area (Å²) < 4.78 is 34.7. The molecule has 1 N–H and O–H groups in total. The van der Waals surface area contributed by atoms with Crippen LogP contribution in [0.25, 0.3) is 0 Å². The highest BCUT2D eigenvalue weighted by Gasteiger charge is 2.27. The highest BCUT2D eigenvalue weighted by molar-refractivity contribution is 7.47. The highest BCUT2D eigenvalue weighted by atomic mass is 31.2. The van der Waals surface area contributed by atoms with E-state index in [1.165, 1.54) is 199 Å². The first-order chi connectivity index (χ1) is 41.0. The summed E-state index contributed by atoms with van der Waals surface area (Å²) >= 11 is 0.